The zero-order valence-corrected chi connectivity index (χ0v) is 16.5. The molecule has 0 fully saturated rings. The summed E-state index contributed by atoms with van der Waals surface area (Å²) in [5.41, 5.74) is 1.98. The van der Waals surface area contributed by atoms with Gasteiger partial charge in [0.1, 0.15) is 12.7 Å². The average molecular weight is 380 g/mol. The molecule has 0 saturated carbocycles. The van der Waals surface area contributed by atoms with E-state index in [2.05, 4.69) is 28.7 Å². The number of hydrogen-bond donors (Lipinski definition) is 1. The lowest BCUT2D eigenvalue weighted by Gasteiger charge is -2.22. The van der Waals surface area contributed by atoms with Crippen LogP contribution in [0.1, 0.15) is 50.7 Å². The fourth-order valence-corrected chi connectivity index (χ4v) is 3.90. The molecule has 0 spiro atoms. The topological polar surface area (TPSA) is 80.1 Å². The number of nitrogens with one attached hydrogen (secondary N) is 1. The standard InChI is InChI=1S/C18H29N5O2S/c1-3-5-10-23(11-6-4-2)26(24,25)21-13-17-8-7-9-18(12-17)14-22-16-19-15-20-22/h7-9,12,15-16,21H,3-6,10-11,13-14H2,1-2H3. The lowest BCUT2D eigenvalue weighted by Crippen LogP contribution is -2.41. The molecule has 1 N–H and O–H groups in total. The van der Waals surface area contributed by atoms with E-state index in [0.717, 1.165) is 36.8 Å². The molecule has 0 saturated heterocycles. The van der Waals surface area contributed by atoms with Crippen molar-refractivity contribution in [1.29, 1.82) is 0 Å². The smallest absolute Gasteiger partial charge is 0.249 e. The molecule has 1 aromatic heterocycles. The third-order valence-corrected chi connectivity index (χ3v) is 5.68. The van der Waals surface area contributed by atoms with Crippen LogP contribution in [0.3, 0.4) is 0 Å². The van der Waals surface area contributed by atoms with Crippen molar-refractivity contribution in [1.82, 2.24) is 23.8 Å². The van der Waals surface area contributed by atoms with Crippen LogP contribution in [0.4, 0.5) is 0 Å². The lowest BCUT2D eigenvalue weighted by atomic mass is 10.1. The van der Waals surface area contributed by atoms with Gasteiger partial charge in [-0.05, 0) is 24.0 Å². The Balaban J connectivity index is 1.98. The van der Waals surface area contributed by atoms with E-state index in [1.807, 2.05) is 24.3 Å². The van der Waals surface area contributed by atoms with Gasteiger partial charge in [-0.15, -0.1) is 0 Å². The number of benzene rings is 1. The van der Waals surface area contributed by atoms with Crippen molar-refractivity contribution in [2.24, 2.45) is 0 Å². The fraction of sp³-hybridized carbons (Fsp3) is 0.556. The first kappa shape index (κ1) is 20.5. The van der Waals surface area contributed by atoms with Crippen molar-refractivity contribution < 1.29 is 8.42 Å². The van der Waals surface area contributed by atoms with Crippen molar-refractivity contribution in [3.63, 3.8) is 0 Å². The molecule has 7 nitrogen and oxygen atoms in total. The minimum absolute atomic E-state index is 0.280. The maximum absolute atomic E-state index is 12.6. The number of aromatic nitrogens is 3. The summed E-state index contributed by atoms with van der Waals surface area (Å²) in [5.74, 6) is 0. The maximum atomic E-state index is 12.6. The SMILES string of the molecule is CCCCN(CCCC)S(=O)(=O)NCc1cccc(Cn2cncn2)c1. The first-order valence-corrected chi connectivity index (χ1v) is 10.6. The molecule has 2 rings (SSSR count). The summed E-state index contributed by atoms with van der Waals surface area (Å²) >= 11 is 0. The third-order valence-electron chi connectivity index (χ3n) is 4.12. The maximum Gasteiger partial charge on any atom is 0.279 e. The highest BCUT2D eigenvalue weighted by Gasteiger charge is 2.20. The lowest BCUT2D eigenvalue weighted by molar-refractivity contribution is 0.388. The van der Waals surface area contributed by atoms with Crippen molar-refractivity contribution in [3.05, 3.63) is 48.0 Å². The Hall–Kier alpha value is -1.77. The number of rotatable bonds is 12. The highest BCUT2D eigenvalue weighted by molar-refractivity contribution is 7.87. The van der Waals surface area contributed by atoms with Crippen molar-refractivity contribution >= 4 is 10.2 Å². The quantitative estimate of drug-likeness (QED) is 0.615. The molecule has 0 atom stereocenters. The molecular formula is C18H29N5O2S. The van der Waals surface area contributed by atoms with Crippen LogP contribution in [-0.2, 0) is 23.3 Å². The second-order valence-electron chi connectivity index (χ2n) is 6.35. The number of hydrogen-bond acceptors (Lipinski definition) is 4. The number of nitrogens with zero attached hydrogens (tertiary/aromatic N) is 4. The van der Waals surface area contributed by atoms with Crippen LogP contribution in [0.5, 0.6) is 0 Å². The average Bonchev–Trinajstić information content (AvgIpc) is 3.13. The van der Waals surface area contributed by atoms with Crippen LogP contribution in [0, 0.1) is 0 Å². The highest BCUT2D eigenvalue weighted by atomic mass is 32.2. The van der Waals surface area contributed by atoms with Gasteiger partial charge in [0.05, 0.1) is 6.54 Å². The van der Waals surface area contributed by atoms with Crippen LogP contribution in [0.2, 0.25) is 0 Å². The van der Waals surface area contributed by atoms with E-state index in [9.17, 15) is 8.42 Å². The van der Waals surface area contributed by atoms with E-state index in [-0.39, 0.29) is 6.54 Å². The van der Waals surface area contributed by atoms with E-state index in [0.29, 0.717) is 19.6 Å². The van der Waals surface area contributed by atoms with Gasteiger partial charge in [-0.2, -0.15) is 22.5 Å². The van der Waals surface area contributed by atoms with Gasteiger partial charge >= 0.3 is 0 Å². The molecular weight excluding hydrogens is 350 g/mol. The summed E-state index contributed by atoms with van der Waals surface area (Å²) in [4.78, 5) is 3.93. The van der Waals surface area contributed by atoms with E-state index >= 15 is 0 Å². The molecule has 0 aliphatic heterocycles. The Morgan fingerprint density at radius 2 is 1.81 bits per heavy atom. The summed E-state index contributed by atoms with van der Waals surface area (Å²) in [5, 5.41) is 4.09. The van der Waals surface area contributed by atoms with Gasteiger partial charge in [0, 0.05) is 19.6 Å². The minimum atomic E-state index is -3.47. The monoisotopic (exact) mass is 379 g/mol. The molecule has 0 aliphatic rings. The Morgan fingerprint density at radius 3 is 2.42 bits per heavy atom. The van der Waals surface area contributed by atoms with E-state index in [1.165, 1.54) is 6.33 Å². The van der Waals surface area contributed by atoms with Crippen LogP contribution in [0.15, 0.2) is 36.9 Å². The molecule has 0 bridgehead atoms. The highest BCUT2D eigenvalue weighted by Crippen LogP contribution is 2.09. The van der Waals surface area contributed by atoms with Gasteiger partial charge in [-0.25, -0.2) is 9.67 Å². The van der Waals surface area contributed by atoms with Gasteiger partial charge in [-0.1, -0.05) is 51.0 Å². The molecule has 0 amide bonds. The fourth-order valence-electron chi connectivity index (χ4n) is 2.63. The predicted molar refractivity (Wildman–Crippen MR) is 103 cm³/mol. The molecule has 2 aromatic rings. The van der Waals surface area contributed by atoms with Gasteiger partial charge in [0.15, 0.2) is 0 Å². The van der Waals surface area contributed by atoms with Crippen molar-refractivity contribution in [2.45, 2.75) is 52.6 Å². The zero-order valence-electron chi connectivity index (χ0n) is 15.6. The predicted octanol–water partition coefficient (Wildman–Crippen LogP) is 2.56. The van der Waals surface area contributed by atoms with E-state index < -0.39 is 10.2 Å². The Bertz CT molecular complexity index is 739. The van der Waals surface area contributed by atoms with Crippen LogP contribution < -0.4 is 4.72 Å². The molecule has 144 valence electrons. The summed E-state index contributed by atoms with van der Waals surface area (Å²) in [6.07, 6.45) is 6.86. The Labute approximate surface area is 156 Å². The first-order valence-electron chi connectivity index (χ1n) is 9.20. The Kier molecular flexibility index (Phi) is 8.21. The normalized spacial score (nSPS) is 12.0. The molecule has 0 radical (unpaired) electrons. The number of unbranched alkanes of at least 4 members (excludes halogenated alkanes) is 2. The second kappa shape index (κ2) is 10.4. The Morgan fingerprint density at radius 1 is 1.12 bits per heavy atom. The van der Waals surface area contributed by atoms with Crippen LogP contribution in [0.25, 0.3) is 0 Å². The summed E-state index contributed by atoms with van der Waals surface area (Å²) in [6.45, 7) is 6.16. The van der Waals surface area contributed by atoms with Gasteiger partial charge < -0.3 is 0 Å². The van der Waals surface area contributed by atoms with Crippen molar-refractivity contribution in [2.75, 3.05) is 13.1 Å². The van der Waals surface area contributed by atoms with Crippen molar-refractivity contribution in [3.8, 4) is 0 Å². The largest absolute Gasteiger partial charge is 0.279 e. The minimum Gasteiger partial charge on any atom is -0.249 e. The molecule has 8 heteroatoms. The van der Waals surface area contributed by atoms with Gasteiger partial charge in [-0.3, -0.25) is 0 Å². The van der Waals surface area contributed by atoms with E-state index in [1.54, 1.807) is 15.3 Å². The molecule has 0 unspecified atom stereocenters. The molecule has 26 heavy (non-hydrogen) atoms. The summed E-state index contributed by atoms with van der Waals surface area (Å²) < 4.78 is 31.3. The third kappa shape index (κ3) is 6.51. The first-order chi connectivity index (χ1) is 12.5. The van der Waals surface area contributed by atoms with Crippen LogP contribution in [-0.4, -0.2) is 40.6 Å². The second-order valence-corrected chi connectivity index (χ2v) is 8.10. The van der Waals surface area contributed by atoms with E-state index in [4.69, 9.17) is 0 Å². The molecule has 1 heterocycles. The van der Waals surface area contributed by atoms with Gasteiger partial charge in [0.2, 0.25) is 0 Å². The molecule has 1 aromatic carbocycles. The van der Waals surface area contributed by atoms with Crippen LogP contribution >= 0.6 is 0 Å². The molecule has 0 aliphatic carbocycles. The van der Waals surface area contributed by atoms with Gasteiger partial charge in [0.25, 0.3) is 10.2 Å². The zero-order chi connectivity index (χ0) is 18.8. The summed E-state index contributed by atoms with van der Waals surface area (Å²) in [6, 6.07) is 7.85. The summed E-state index contributed by atoms with van der Waals surface area (Å²) in [7, 11) is -3.47.